The van der Waals surface area contributed by atoms with E-state index in [1.807, 2.05) is 32.0 Å². The van der Waals surface area contributed by atoms with Gasteiger partial charge in [-0.25, -0.2) is 4.98 Å². The van der Waals surface area contributed by atoms with Crippen molar-refractivity contribution in [3.63, 3.8) is 0 Å². The Morgan fingerprint density at radius 2 is 2.14 bits per heavy atom. The minimum absolute atomic E-state index is 0.0701. The number of nitrogens with zero attached hydrogens (tertiary/aromatic N) is 4. The van der Waals surface area contributed by atoms with Crippen molar-refractivity contribution < 1.29 is 13.5 Å². The van der Waals surface area contributed by atoms with Crippen LogP contribution in [-0.2, 0) is 0 Å². The summed E-state index contributed by atoms with van der Waals surface area (Å²) in [5, 5.41) is 12.0. The van der Waals surface area contributed by atoms with E-state index in [4.69, 9.17) is 9.15 Å². The van der Waals surface area contributed by atoms with Crippen molar-refractivity contribution in [1.29, 1.82) is 0 Å². The largest absolute Gasteiger partial charge is 0.476 e. The third kappa shape index (κ3) is 3.38. The van der Waals surface area contributed by atoms with Crippen LogP contribution in [0.4, 0.5) is 10.4 Å². The number of nitrogens with one attached hydrogen (secondary N) is 2. The van der Waals surface area contributed by atoms with Gasteiger partial charge >= 0.3 is 6.01 Å². The molecule has 3 aromatic heterocycles. The maximum Gasteiger partial charge on any atom is 0.315 e. The number of rotatable bonds is 6. The summed E-state index contributed by atoms with van der Waals surface area (Å²) in [5.74, 6) is 0.0923. The molecule has 0 saturated carbocycles. The molecule has 0 spiro atoms. The summed E-state index contributed by atoms with van der Waals surface area (Å²) in [5.41, 5.74) is 2.35. The standard InChI is InChI=1S/C19H19FN6O2/c1-4-27-18-14(20)9-22-16(24-18)13-8-21-15-6-5-11(7-12(13)15)17-25-26-19(28-17)23-10(2)3/h5-10,21H,4H2,1-3H3,(H,23,26). The van der Waals surface area contributed by atoms with Gasteiger partial charge < -0.3 is 19.5 Å². The van der Waals surface area contributed by atoms with Crippen molar-refractivity contribution in [2.24, 2.45) is 0 Å². The van der Waals surface area contributed by atoms with Crippen molar-refractivity contribution in [1.82, 2.24) is 25.1 Å². The van der Waals surface area contributed by atoms with E-state index in [-0.39, 0.29) is 11.9 Å². The van der Waals surface area contributed by atoms with Crippen molar-refractivity contribution in [3.05, 3.63) is 36.4 Å². The topological polar surface area (TPSA) is 102 Å². The number of ether oxygens (including phenoxy) is 1. The van der Waals surface area contributed by atoms with Crippen molar-refractivity contribution in [2.45, 2.75) is 26.8 Å². The SMILES string of the molecule is CCOc1nc(-c2c[nH]c3ccc(-c4nnc(NC(C)C)o4)cc23)ncc1F. The van der Waals surface area contributed by atoms with Gasteiger partial charge in [0.05, 0.1) is 12.8 Å². The van der Waals surface area contributed by atoms with Gasteiger partial charge in [-0.1, -0.05) is 5.10 Å². The molecule has 0 amide bonds. The lowest BCUT2D eigenvalue weighted by Crippen LogP contribution is -2.09. The van der Waals surface area contributed by atoms with Crippen molar-refractivity contribution in [3.8, 4) is 28.7 Å². The second-order valence-corrected chi connectivity index (χ2v) is 6.45. The third-order valence-electron chi connectivity index (χ3n) is 4.00. The number of aromatic amines is 1. The lowest BCUT2D eigenvalue weighted by Gasteiger charge is -2.05. The first-order chi connectivity index (χ1) is 13.5. The number of anilines is 1. The fourth-order valence-electron chi connectivity index (χ4n) is 2.80. The molecule has 3 heterocycles. The lowest BCUT2D eigenvalue weighted by molar-refractivity contribution is 0.306. The second-order valence-electron chi connectivity index (χ2n) is 6.45. The summed E-state index contributed by atoms with van der Waals surface area (Å²) in [6, 6.07) is 6.23. The molecule has 4 rings (SSSR count). The Balaban J connectivity index is 1.74. The maximum absolute atomic E-state index is 13.8. The zero-order valence-electron chi connectivity index (χ0n) is 15.7. The predicted octanol–water partition coefficient (Wildman–Crippen LogP) is 4.03. The van der Waals surface area contributed by atoms with Gasteiger partial charge in [0.15, 0.2) is 5.82 Å². The van der Waals surface area contributed by atoms with Crippen LogP contribution < -0.4 is 10.1 Å². The van der Waals surface area contributed by atoms with Gasteiger partial charge in [-0.3, -0.25) is 0 Å². The Bertz CT molecular complexity index is 1120. The zero-order chi connectivity index (χ0) is 19.7. The molecule has 28 heavy (non-hydrogen) atoms. The van der Waals surface area contributed by atoms with Crippen LogP contribution in [-0.4, -0.2) is 37.8 Å². The van der Waals surface area contributed by atoms with Crippen LogP contribution >= 0.6 is 0 Å². The molecular weight excluding hydrogens is 363 g/mol. The molecule has 0 unspecified atom stereocenters. The highest BCUT2D eigenvalue weighted by Gasteiger charge is 2.16. The summed E-state index contributed by atoms with van der Waals surface area (Å²) in [7, 11) is 0. The van der Waals surface area contributed by atoms with Crippen molar-refractivity contribution in [2.75, 3.05) is 11.9 Å². The van der Waals surface area contributed by atoms with Gasteiger partial charge in [-0.2, -0.15) is 9.37 Å². The number of aromatic nitrogens is 5. The summed E-state index contributed by atoms with van der Waals surface area (Å²) < 4.78 is 24.7. The molecule has 0 saturated heterocycles. The molecule has 0 aliphatic heterocycles. The number of hydrogen-bond donors (Lipinski definition) is 2. The van der Waals surface area contributed by atoms with Gasteiger partial charge in [0.25, 0.3) is 5.88 Å². The normalized spacial score (nSPS) is 11.3. The third-order valence-corrected chi connectivity index (χ3v) is 4.00. The van der Waals surface area contributed by atoms with Crippen LogP contribution in [0.2, 0.25) is 0 Å². The Morgan fingerprint density at radius 1 is 1.29 bits per heavy atom. The molecule has 0 atom stereocenters. The zero-order valence-corrected chi connectivity index (χ0v) is 15.7. The minimum Gasteiger partial charge on any atom is -0.476 e. The first-order valence-electron chi connectivity index (χ1n) is 8.92. The van der Waals surface area contributed by atoms with E-state index in [9.17, 15) is 4.39 Å². The van der Waals surface area contributed by atoms with E-state index >= 15 is 0 Å². The van der Waals surface area contributed by atoms with Crippen LogP contribution in [0.1, 0.15) is 20.8 Å². The summed E-state index contributed by atoms with van der Waals surface area (Å²) in [6.07, 6.45) is 2.88. The highest BCUT2D eigenvalue weighted by atomic mass is 19.1. The van der Waals surface area contributed by atoms with E-state index in [0.717, 1.165) is 28.2 Å². The Kier molecular flexibility index (Phi) is 4.64. The number of hydrogen-bond acceptors (Lipinski definition) is 7. The predicted molar refractivity (Wildman–Crippen MR) is 103 cm³/mol. The number of halogens is 1. The van der Waals surface area contributed by atoms with Gasteiger partial charge in [0, 0.05) is 34.3 Å². The van der Waals surface area contributed by atoms with Crippen molar-refractivity contribution >= 4 is 16.9 Å². The molecule has 0 fully saturated rings. The summed E-state index contributed by atoms with van der Waals surface area (Å²) in [4.78, 5) is 11.5. The maximum atomic E-state index is 13.8. The molecule has 0 aliphatic rings. The van der Waals surface area contributed by atoms with Crippen LogP contribution in [0.3, 0.4) is 0 Å². The molecule has 1 aromatic carbocycles. The Morgan fingerprint density at radius 3 is 2.93 bits per heavy atom. The van der Waals surface area contributed by atoms with Gasteiger partial charge in [0.2, 0.25) is 11.7 Å². The molecule has 4 aromatic rings. The van der Waals surface area contributed by atoms with Crippen LogP contribution in [0.15, 0.2) is 35.0 Å². The molecular formula is C19H19FN6O2. The van der Waals surface area contributed by atoms with Gasteiger partial charge in [-0.05, 0) is 39.0 Å². The number of fused-ring (bicyclic) bond motifs is 1. The van der Waals surface area contributed by atoms with E-state index in [1.54, 1.807) is 13.1 Å². The molecule has 2 N–H and O–H groups in total. The molecule has 0 bridgehead atoms. The van der Waals surface area contributed by atoms with E-state index < -0.39 is 5.82 Å². The minimum atomic E-state index is -0.595. The first kappa shape index (κ1) is 17.9. The second kappa shape index (κ2) is 7.26. The van der Waals surface area contributed by atoms with Crippen LogP contribution in [0.5, 0.6) is 5.88 Å². The monoisotopic (exact) mass is 382 g/mol. The van der Waals surface area contributed by atoms with Crippen LogP contribution in [0, 0.1) is 5.82 Å². The molecule has 0 aliphatic carbocycles. The quantitative estimate of drug-likeness (QED) is 0.519. The smallest absolute Gasteiger partial charge is 0.315 e. The Hall–Kier alpha value is -3.49. The number of H-pyrrole nitrogens is 1. The fourth-order valence-corrected chi connectivity index (χ4v) is 2.80. The molecule has 0 radical (unpaired) electrons. The fraction of sp³-hybridized carbons (Fsp3) is 0.263. The summed E-state index contributed by atoms with van der Waals surface area (Å²) in [6.45, 7) is 6.06. The highest BCUT2D eigenvalue weighted by Crippen LogP contribution is 2.31. The average Bonchev–Trinajstić information content (AvgIpc) is 3.29. The van der Waals surface area contributed by atoms with E-state index in [2.05, 4.69) is 30.5 Å². The lowest BCUT2D eigenvalue weighted by atomic mass is 10.1. The van der Waals surface area contributed by atoms with Crippen LogP contribution in [0.25, 0.3) is 33.7 Å². The molecule has 9 heteroatoms. The number of benzene rings is 1. The van der Waals surface area contributed by atoms with Gasteiger partial charge in [-0.15, -0.1) is 5.10 Å². The molecule has 8 nitrogen and oxygen atoms in total. The average molecular weight is 382 g/mol. The first-order valence-corrected chi connectivity index (χ1v) is 8.92. The highest BCUT2D eigenvalue weighted by molar-refractivity contribution is 5.96. The van der Waals surface area contributed by atoms with E-state index in [0.29, 0.717) is 24.3 Å². The van der Waals surface area contributed by atoms with Gasteiger partial charge in [0.1, 0.15) is 0 Å². The summed E-state index contributed by atoms with van der Waals surface area (Å²) >= 11 is 0. The molecule has 144 valence electrons. The Labute approximate surface area is 160 Å². The van der Waals surface area contributed by atoms with E-state index in [1.165, 1.54) is 0 Å².